The molecule has 0 spiro atoms. The van der Waals surface area contributed by atoms with Crippen LogP contribution in [0, 0.1) is 0 Å². The number of hydrogen-bond donors (Lipinski definition) is 0. The molecule has 0 atom stereocenters. The fourth-order valence-electron chi connectivity index (χ4n) is 1.77. The number of fused-ring (bicyclic) bond motifs is 1. The van der Waals surface area contributed by atoms with Gasteiger partial charge in [0.15, 0.2) is 0 Å². The number of thioether (sulfide) groups is 2. The zero-order valence-electron chi connectivity index (χ0n) is 10.7. The highest BCUT2D eigenvalue weighted by atomic mass is 32.2. The van der Waals surface area contributed by atoms with E-state index in [2.05, 4.69) is 49.6 Å². The Bertz CT molecular complexity index is 612. The maximum atomic E-state index is 3.96. The minimum atomic E-state index is 1.11. The first-order valence-corrected chi connectivity index (χ1v) is 7.39. The van der Waals surface area contributed by atoms with Crippen molar-refractivity contribution in [2.45, 2.75) is 23.6 Å². The average Bonchev–Trinajstić information content (AvgIpc) is 2.27. The normalized spacial score (nSPS) is 10.6. The first-order valence-electron chi connectivity index (χ1n) is 5.76. The second kappa shape index (κ2) is 5.68. The Labute approximate surface area is 117 Å². The van der Waals surface area contributed by atoms with E-state index < -0.39 is 0 Å². The Balaban J connectivity index is 2.46. The fourth-order valence-corrected chi connectivity index (χ4v) is 3.32. The van der Waals surface area contributed by atoms with Crippen LogP contribution in [0.5, 0.6) is 0 Å². The summed E-state index contributed by atoms with van der Waals surface area (Å²) in [5, 5.41) is 2.56. The van der Waals surface area contributed by atoms with Crippen LogP contribution in [-0.4, -0.2) is 0 Å². The summed E-state index contributed by atoms with van der Waals surface area (Å²) in [4.78, 5) is 4.74. The lowest BCUT2D eigenvalue weighted by Gasteiger charge is -2.08. The van der Waals surface area contributed by atoms with Crippen LogP contribution in [0.1, 0.15) is 13.8 Å². The van der Waals surface area contributed by atoms with Crippen LogP contribution in [0.3, 0.4) is 0 Å². The molecular weight excluding hydrogens is 256 g/mol. The molecule has 2 rings (SSSR count). The minimum absolute atomic E-state index is 1.11. The molecule has 2 aromatic rings. The van der Waals surface area contributed by atoms with E-state index in [0.717, 1.165) is 9.81 Å². The zero-order chi connectivity index (χ0) is 13.1. The van der Waals surface area contributed by atoms with Crippen molar-refractivity contribution >= 4 is 34.3 Å². The maximum absolute atomic E-state index is 3.96. The first kappa shape index (κ1) is 13.3. The van der Waals surface area contributed by atoms with Crippen molar-refractivity contribution < 1.29 is 0 Å². The van der Waals surface area contributed by atoms with Gasteiger partial charge in [-0.25, -0.2) is 0 Å². The van der Waals surface area contributed by atoms with Gasteiger partial charge in [0, 0.05) is 9.79 Å². The number of allylic oxidation sites excluding steroid dienone is 2. The van der Waals surface area contributed by atoms with Crippen molar-refractivity contribution in [3.8, 4) is 0 Å². The molecule has 0 saturated carbocycles. The SMILES string of the molecule is C=C(C)Sc1ccc2c(SC(=C)C)cccc2c1. The summed E-state index contributed by atoms with van der Waals surface area (Å²) in [6.07, 6.45) is 0. The first-order chi connectivity index (χ1) is 8.56. The van der Waals surface area contributed by atoms with E-state index in [9.17, 15) is 0 Å². The van der Waals surface area contributed by atoms with Crippen molar-refractivity contribution in [2.24, 2.45) is 0 Å². The number of hydrogen-bond acceptors (Lipinski definition) is 2. The van der Waals surface area contributed by atoms with E-state index in [0.29, 0.717) is 0 Å². The van der Waals surface area contributed by atoms with E-state index in [1.165, 1.54) is 20.6 Å². The van der Waals surface area contributed by atoms with Gasteiger partial charge in [-0.05, 0) is 52.6 Å². The second-order valence-corrected chi connectivity index (χ2v) is 6.96. The van der Waals surface area contributed by atoms with E-state index >= 15 is 0 Å². The molecule has 0 aliphatic carbocycles. The van der Waals surface area contributed by atoms with Gasteiger partial charge in [-0.15, -0.1) is 0 Å². The lowest BCUT2D eigenvalue weighted by molar-refractivity contribution is 1.46. The summed E-state index contributed by atoms with van der Waals surface area (Å²) in [5.41, 5.74) is 0. The van der Waals surface area contributed by atoms with Gasteiger partial charge >= 0.3 is 0 Å². The Morgan fingerprint density at radius 3 is 2.33 bits per heavy atom. The van der Waals surface area contributed by atoms with Crippen LogP contribution in [-0.2, 0) is 0 Å². The zero-order valence-corrected chi connectivity index (χ0v) is 12.3. The van der Waals surface area contributed by atoms with Crippen molar-refractivity contribution in [1.82, 2.24) is 0 Å². The van der Waals surface area contributed by atoms with Crippen molar-refractivity contribution in [3.05, 3.63) is 59.4 Å². The lowest BCUT2D eigenvalue weighted by atomic mass is 10.1. The molecule has 18 heavy (non-hydrogen) atoms. The van der Waals surface area contributed by atoms with Gasteiger partial charge in [-0.3, -0.25) is 0 Å². The molecule has 0 fully saturated rings. The van der Waals surface area contributed by atoms with Crippen LogP contribution in [0.15, 0.2) is 69.2 Å². The summed E-state index contributed by atoms with van der Waals surface area (Å²) in [5.74, 6) is 0. The predicted octanol–water partition coefficient (Wildman–Crippen LogP) is 6.09. The molecule has 0 aliphatic rings. The molecule has 0 unspecified atom stereocenters. The summed E-state index contributed by atoms with van der Waals surface area (Å²) in [6, 6.07) is 13.0. The molecule has 0 aromatic heterocycles. The highest BCUT2D eigenvalue weighted by Crippen LogP contribution is 2.34. The third-order valence-corrected chi connectivity index (χ3v) is 4.15. The largest absolute Gasteiger partial charge is 0.0955 e. The molecule has 2 heteroatoms. The van der Waals surface area contributed by atoms with Gasteiger partial charge in [-0.2, -0.15) is 0 Å². The summed E-state index contributed by atoms with van der Waals surface area (Å²) in [6.45, 7) is 12.0. The molecule has 0 radical (unpaired) electrons. The van der Waals surface area contributed by atoms with Crippen molar-refractivity contribution in [3.63, 3.8) is 0 Å². The highest BCUT2D eigenvalue weighted by molar-refractivity contribution is 8.03. The topological polar surface area (TPSA) is 0 Å². The van der Waals surface area contributed by atoms with Crippen LogP contribution in [0.2, 0.25) is 0 Å². The van der Waals surface area contributed by atoms with Crippen LogP contribution < -0.4 is 0 Å². The highest BCUT2D eigenvalue weighted by Gasteiger charge is 2.03. The lowest BCUT2D eigenvalue weighted by Crippen LogP contribution is -1.79. The molecule has 0 N–H and O–H groups in total. The number of rotatable bonds is 4. The van der Waals surface area contributed by atoms with Gasteiger partial charge in [0.05, 0.1) is 0 Å². The Hall–Kier alpha value is -1.12. The standard InChI is InChI=1S/C16H16S2/c1-11(2)17-14-8-9-15-13(10-14)6-5-7-16(15)18-12(3)4/h5-10H,1,3H2,2,4H3. The maximum Gasteiger partial charge on any atom is 0.0197 e. The van der Waals surface area contributed by atoms with Crippen molar-refractivity contribution in [1.29, 1.82) is 0 Å². The minimum Gasteiger partial charge on any atom is -0.0955 e. The van der Waals surface area contributed by atoms with Crippen LogP contribution in [0.4, 0.5) is 0 Å². The smallest absolute Gasteiger partial charge is 0.0197 e. The molecule has 0 heterocycles. The Morgan fingerprint density at radius 1 is 0.944 bits per heavy atom. The molecule has 0 bridgehead atoms. The van der Waals surface area contributed by atoms with Gasteiger partial charge < -0.3 is 0 Å². The third-order valence-electron chi connectivity index (χ3n) is 2.39. The average molecular weight is 272 g/mol. The van der Waals surface area contributed by atoms with E-state index in [-0.39, 0.29) is 0 Å². The van der Waals surface area contributed by atoms with E-state index in [1.807, 2.05) is 13.8 Å². The Kier molecular flexibility index (Phi) is 4.20. The van der Waals surface area contributed by atoms with Gasteiger partial charge in [0.1, 0.15) is 0 Å². The van der Waals surface area contributed by atoms with E-state index in [1.54, 1.807) is 23.5 Å². The van der Waals surface area contributed by atoms with Gasteiger partial charge in [0.2, 0.25) is 0 Å². The van der Waals surface area contributed by atoms with Gasteiger partial charge in [0.25, 0.3) is 0 Å². The Morgan fingerprint density at radius 2 is 1.67 bits per heavy atom. The molecule has 0 saturated heterocycles. The summed E-state index contributed by atoms with van der Waals surface area (Å²) in [7, 11) is 0. The predicted molar refractivity (Wildman–Crippen MR) is 85.3 cm³/mol. The molecular formula is C16H16S2. The fraction of sp³-hybridized carbons (Fsp3) is 0.125. The molecule has 0 aliphatic heterocycles. The molecule has 92 valence electrons. The van der Waals surface area contributed by atoms with Crippen LogP contribution >= 0.6 is 23.5 Å². The molecule has 2 aromatic carbocycles. The summed E-state index contributed by atoms with van der Waals surface area (Å²) >= 11 is 3.44. The third kappa shape index (κ3) is 3.21. The molecule has 0 amide bonds. The number of benzene rings is 2. The van der Waals surface area contributed by atoms with Gasteiger partial charge in [-0.1, -0.05) is 54.9 Å². The monoisotopic (exact) mass is 272 g/mol. The van der Waals surface area contributed by atoms with E-state index in [4.69, 9.17) is 0 Å². The summed E-state index contributed by atoms with van der Waals surface area (Å²) < 4.78 is 0. The van der Waals surface area contributed by atoms with Crippen molar-refractivity contribution in [2.75, 3.05) is 0 Å². The molecule has 0 nitrogen and oxygen atoms in total. The van der Waals surface area contributed by atoms with Crippen LogP contribution in [0.25, 0.3) is 10.8 Å². The quantitative estimate of drug-likeness (QED) is 0.617. The second-order valence-electron chi connectivity index (χ2n) is 4.25.